The Bertz CT molecular complexity index is 855. The number of aromatic nitrogens is 4. The number of hydrogen-bond donors (Lipinski definition) is 1. The largest absolute Gasteiger partial charge is 0.351 e. The topological polar surface area (TPSA) is 85.8 Å². The number of amides is 1. The van der Waals surface area contributed by atoms with E-state index in [0.29, 0.717) is 22.8 Å². The number of halogens is 1. The molecule has 1 N–H and O–H groups in total. The highest BCUT2D eigenvalue weighted by Gasteiger charge is 2.17. The number of aryl methyl sites for hydroxylation is 1. The molecule has 3 rings (SSSR count). The lowest BCUT2D eigenvalue weighted by Gasteiger charge is -2.05. The molecule has 1 amide bonds. The minimum atomic E-state index is -0.466. The van der Waals surface area contributed by atoms with Gasteiger partial charge in [0.05, 0.1) is 17.9 Å². The van der Waals surface area contributed by atoms with Crippen LogP contribution in [0.25, 0.3) is 0 Å². The maximum atomic E-state index is 13.7. The first kappa shape index (κ1) is 14.9. The van der Waals surface area contributed by atoms with Crippen LogP contribution in [0.4, 0.5) is 10.2 Å². The molecule has 8 heteroatoms. The van der Waals surface area contributed by atoms with Crippen molar-refractivity contribution in [2.75, 3.05) is 5.32 Å². The van der Waals surface area contributed by atoms with Gasteiger partial charge in [-0.25, -0.2) is 9.07 Å². The standard InChI is InChI=1S/C15H14FN5O2/c1-9-7-13(23-19-9)15(22)17-14-10(2)21(20-18-14)8-11-5-3-4-6-12(11)16/h3-7H,8H2,1-2H3,(H,17,22). The second-order valence-electron chi connectivity index (χ2n) is 5.06. The number of nitrogens with one attached hydrogen (secondary N) is 1. The Morgan fingerprint density at radius 3 is 2.83 bits per heavy atom. The summed E-state index contributed by atoms with van der Waals surface area (Å²) in [7, 11) is 0. The van der Waals surface area contributed by atoms with Crippen LogP contribution in [-0.2, 0) is 6.54 Å². The van der Waals surface area contributed by atoms with Crippen LogP contribution in [0.15, 0.2) is 34.9 Å². The first-order chi connectivity index (χ1) is 11.0. The highest BCUT2D eigenvalue weighted by molar-refractivity contribution is 6.01. The quantitative estimate of drug-likeness (QED) is 0.798. The molecule has 0 fully saturated rings. The predicted molar refractivity (Wildman–Crippen MR) is 79.5 cm³/mol. The molecule has 0 unspecified atom stereocenters. The fraction of sp³-hybridized carbons (Fsp3) is 0.200. The third-order valence-electron chi connectivity index (χ3n) is 3.34. The zero-order chi connectivity index (χ0) is 16.4. The van der Waals surface area contributed by atoms with E-state index in [1.165, 1.54) is 16.8 Å². The molecule has 0 bridgehead atoms. The summed E-state index contributed by atoms with van der Waals surface area (Å²) in [5.74, 6) is -0.400. The number of hydrogen-bond acceptors (Lipinski definition) is 5. The lowest BCUT2D eigenvalue weighted by Crippen LogP contribution is -2.12. The Morgan fingerprint density at radius 2 is 2.13 bits per heavy atom. The van der Waals surface area contributed by atoms with Crippen LogP contribution in [0, 0.1) is 19.7 Å². The van der Waals surface area contributed by atoms with Crippen molar-refractivity contribution in [1.82, 2.24) is 20.2 Å². The molecule has 0 spiro atoms. The number of anilines is 1. The van der Waals surface area contributed by atoms with Crippen LogP contribution in [0.1, 0.15) is 27.5 Å². The number of carbonyl (C=O) groups is 1. The van der Waals surface area contributed by atoms with Crippen molar-refractivity contribution in [2.45, 2.75) is 20.4 Å². The van der Waals surface area contributed by atoms with Crippen LogP contribution in [0.5, 0.6) is 0 Å². The van der Waals surface area contributed by atoms with Gasteiger partial charge < -0.3 is 9.84 Å². The van der Waals surface area contributed by atoms with Gasteiger partial charge in [0.2, 0.25) is 5.76 Å². The smallest absolute Gasteiger partial charge is 0.295 e. The molecule has 7 nitrogen and oxygen atoms in total. The Morgan fingerprint density at radius 1 is 1.35 bits per heavy atom. The van der Waals surface area contributed by atoms with Crippen LogP contribution in [0.3, 0.4) is 0 Å². The van der Waals surface area contributed by atoms with Gasteiger partial charge in [0.1, 0.15) is 5.82 Å². The van der Waals surface area contributed by atoms with Gasteiger partial charge in [-0.15, -0.1) is 5.10 Å². The molecule has 0 aliphatic heterocycles. The van der Waals surface area contributed by atoms with Crippen molar-refractivity contribution in [2.24, 2.45) is 0 Å². The highest BCUT2D eigenvalue weighted by Crippen LogP contribution is 2.15. The zero-order valence-corrected chi connectivity index (χ0v) is 12.6. The van der Waals surface area contributed by atoms with Gasteiger partial charge in [-0.2, -0.15) is 0 Å². The number of carbonyl (C=O) groups excluding carboxylic acids is 1. The number of rotatable bonds is 4. The van der Waals surface area contributed by atoms with Gasteiger partial charge in [0.25, 0.3) is 5.91 Å². The van der Waals surface area contributed by atoms with Gasteiger partial charge >= 0.3 is 0 Å². The molecule has 2 heterocycles. The van der Waals surface area contributed by atoms with Gasteiger partial charge in [0.15, 0.2) is 5.82 Å². The van der Waals surface area contributed by atoms with E-state index in [-0.39, 0.29) is 18.1 Å². The van der Waals surface area contributed by atoms with E-state index in [9.17, 15) is 9.18 Å². The van der Waals surface area contributed by atoms with E-state index in [1.54, 1.807) is 32.0 Å². The SMILES string of the molecule is Cc1cc(C(=O)Nc2nnn(Cc3ccccc3F)c2C)on1. The summed E-state index contributed by atoms with van der Waals surface area (Å²) < 4.78 is 20.1. The minimum absolute atomic E-state index is 0.0885. The molecule has 0 saturated carbocycles. The normalized spacial score (nSPS) is 10.7. The van der Waals surface area contributed by atoms with Crippen molar-refractivity contribution in [3.8, 4) is 0 Å². The molecule has 3 aromatic rings. The second kappa shape index (κ2) is 5.99. The average molecular weight is 315 g/mol. The Balaban J connectivity index is 1.77. The Labute approximate surface area is 131 Å². The maximum Gasteiger partial charge on any atom is 0.295 e. The molecule has 0 atom stereocenters. The lowest BCUT2D eigenvalue weighted by molar-refractivity contribution is 0.0987. The van der Waals surface area contributed by atoms with E-state index < -0.39 is 5.91 Å². The Kier molecular flexibility index (Phi) is 3.88. The van der Waals surface area contributed by atoms with E-state index in [0.717, 1.165) is 0 Å². The molecule has 0 aliphatic carbocycles. The van der Waals surface area contributed by atoms with Crippen molar-refractivity contribution in [3.05, 3.63) is 58.9 Å². The summed E-state index contributed by atoms with van der Waals surface area (Å²) in [5, 5.41) is 14.1. The molecular formula is C15H14FN5O2. The van der Waals surface area contributed by atoms with Gasteiger partial charge in [-0.1, -0.05) is 28.6 Å². The summed E-state index contributed by atoms with van der Waals surface area (Å²) in [6.45, 7) is 3.68. The van der Waals surface area contributed by atoms with E-state index in [1.807, 2.05) is 0 Å². The third kappa shape index (κ3) is 3.10. The summed E-state index contributed by atoms with van der Waals surface area (Å²) in [5.41, 5.74) is 1.71. The van der Waals surface area contributed by atoms with Gasteiger partial charge in [-0.05, 0) is 19.9 Å². The first-order valence-corrected chi connectivity index (χ1v) is 6.93. The van der Waals surface area contributed by atoms with Crippen LogP contribution < -0.4 is 5.32 Å². The van der Waals surface area contributed by atoms with Gasteiger partial charge in [-0.3, -0.25) is 4.79 Å². The molecule has 2 aromatic heterocycles. The third-order valence-corrected chi connectivity index (χ3v) is 3.34. The maximum absolute atomic E-state index is 13.7. The fourth-order valence-corrected chi connectivity index (χ4v) is 2.05. The molecule has 23 heavy (non-hydrogen) atoms. The fourth-order valence-electron chi connectivity index (χ4n) is 2.05. The van der Waals surface area contributed by atoms with E-state index in [2.05, 4.69) is 20.8 Å². The monoisotopic (exact) mass is 315 g/mol. The van der Waals surface area contributed by atoms with Crippen molar-refractivity contribution < 1.29 is 13.7 Å². The van der Waals surface area contributed by atoms with Crippen LogP contribution in [0.2, 0.25) is 0 Å². The van der Waals surface area contributed by atoms with E-state index in [4.69, 9.17) is 4.52 Å². The molecule has 1 aromatic carbocycles. The number of benzene rings is 1. The van der Waals surface area contributed by atoms with Crippen molar-refractivity contribution >= 4 is 11.7 Å². The van der Waals surface area contributed by atoms with Crippen molar-refractivity contribution in [1.29, 1.82) is 0 Å². The van der Waals surface area contributed by atoms with E-state index >= 15 is 0 Å². The lowest BCUT2D eigenvalue weighted by atomic mass is 10.2. The molecule has 0 saturated heterocycles. The molecular weight excluding hydrogens is 301 g/mol. The van der Waals surface area contributed by atoms with Crippen LogP contribution in [-0.4, -0.2) is 26.1 Å². The zero-order valence-electron chi connectivity index (χ0n) is 12.6. The Hall–Kier alpha value is -3.03. The molecule has 0 aliphatic rings. The first-order valence-electron chi connectivity index (χ1n) is 6.93. The summed E-state index contributed by atoms with van der Waals surface area (Å²) in [6.07, 6.45) is 0. The van der Waals surface area contributed by atoms with Gasteiger partial charge in [0, 0.05) is 11.6 Å². The number of nitrogens with zero attached hydrogens (tertiary/aromatic N) is 4. The molecule has 118 valence electrons. The predicted octanol–water partition coefficient (Wildman–Crippen LogP) is 2.32. The average Bonchev–Trinajstić information content (AvgIpc) is 3.10. The summed E-state index contributed by atoms with van der Waals surface area (Å²) in [6, 6.07) is 7.95. The van der Waals surface area contributed by atoms with Crippen molar-refractivity contribution in [3.63, 3.8) is 0 Å². The summed E-state index contributed by atoms with van der Waals surface area (Å²) in [4.78, 5) is 12.0. The van der Waals surface area contributed by atoms with Crippen LogP contribution >= 0.6 is 0 Å². The molecule has 0 radical (unpaired) electrons. The second-order valence-corrected chi connectivity index (χ2v) is 5.06. The summed E-state index contributed by atoms with van der Waals surface area (Å²) >= 11 is 0. The minimum Gasteiger partial charge on any atom is -0.351 e. The highest BCUT2D eigenvalue weighted by atomic mass is 19.1.